The summed E-state index contributed by atoms with van der Waals surface area (Å²) in [5, 5.41) is 4.72. The number of likely N-dealkylation sites (tertiary alicyclic amines) is 1. The predicted octanol–water partition coefficient (Wildman–Crippen LogP) is 3.18. The summed E-state index contributed by atoms with van der Waals surface area (Å²) in [6.45, 7) is 5.06. The molecule has 2 saturated heterocycles. The zero-order chi connectivity index (χ0) is 14.9. The second-order valence-electron chi connectivity index (χ2n) is 5.49. The molecule has 0 saturated carbocycles. The lowest BCUT2D eigenvalue weighted by molar-refractivity contribution is -0.180. The van der Waals surface area contributed by atoms with E-state index in [0.717, 1.165) is 47.3 Å². The summed E-state index contributed by atoms with van der Waals surface area (Å²) < 4.78 is 11.5. The van der Waals surface area contributed by atoms with E-state index in [0.29, 0.717) is 13.2 Å². The molecule has 2 fully saturated rings. The maximum Gasteiger partial charge on any atom is 0.173 e. The molecule has 0 amide bonds. The van der Waals surface area contributed by atoms with Gasteiger partial charge in [-0.1, -0.05) is 17.7 Å². The van der Waals surface area contributed by atoms with Crippen LogP contribution in [0.1, 0.15) is 18.4 Å². The van der Waals surface area contributed by atoms with Crippen molar-refractivity contribution in [1.29, 1.82) is 0 Å². The fourth-order valence-corrected chi connectivity index (χ4v) is 3.19. The van der Waals surface area contributed by atoms with E-state index in [1.54, 1.807) is 0 Å². The van der Waals surface area contributed by atoms with Gasteiger partial charge in [0.25, 0.3) is 0 Å². The van der Waals surface area contributed by atoms with Crippen molar-refractivity contribution in [2.45, 2.75) is 25.6 Å². The molecule has 0 aliphatic carbocycles. The van der Waals surface area contributed by atoms with E-state index in [2.05, 4.69) is 10.2 Å². The van der Waals surface area contributed by atoms with Crippen LogP contribution < -0.4 is 5.32 Å². The first-order valence-corrected chi connectivity index (χ1v) is 7.97. The van der Waals surface area contributed by atoms with Crippen LogP contribution in [0.5, 0.6) is 0 Å². The smallest absolute Gasteiger partial charge is 0.173 e. The van der Waals surface area contributed by atoms with E-state index in [9.17, 15) is 0 Å². The third kappa shape index (κ3) is 3.31. The molecule has 3 rings (SSSR count). The van der Waals surface area contributed by atoms with Crippen LogP contribution >= 0.6 is 23.8 Å². The largest absolute Gasteiger partial charge is 0.349 e. The molecule has 21 heavy (non-hydrogen) atoms. The lowest BCUT2D eigenvalue weighted by Gasteiger charge is -2.38. The van der Waals surface area contributed by atoms with E-state index >= 15 is 0 Å². The maximum atomic E-state index is 6.14. The highest BCUT2D eigenvalue weighted by atomic mass is 35.5. The van der Waals surface area contributed by atoms with Crippen LogP contribution in [0, 0.1) is 6.92 Å². The van der Waals surface area contributed by atoms with Crippen LogP contribution in [0.2, 0.25) is 5.02 Å². The Kier molecular flexibility index (Phi) is 4.36. The average molecular weight is 327 g/mol. The molecule has 1 aromatic carbocycles. The fourth-order valence-electron chi connectivity index (χ4n) is 2.71. The minimum absolute atomic E-state index is 0.362. The van der Waals surface area contributed by atoms with Crippen LogP contribution in [0.15, 0.2) is 18.2 Å². The van der Waals surface area contributed by atoms with E-state index in [4.69, 9.17) is 33.3 Å². The summed E-state index contributed by atoms with van der Waals surface area (Å²) in [6.07, 6.45) is 1.70. The van der Waals surface area contributed by atoms with Crippen LogP contribution in [-0.4, -0.2) is 42.1 Å². The van der Waals surface area contributed by atoms with Gasteiger partial charge in [-0.3, -0.25) is 0 Å². The molecule has 1 N–H and O–H groups in total. The number of benzene rings is 1. The molecular formula is C15H19ClN2O2S. The standard InChI is InChI=1S/C15H19ClN2O2S/c1-11-2-3-12(10-13(11)16)17-14(21)18-6-4-15(5-7-18)19-8-9-20-15/h2-3,10H,4-9H2,1H3,(H,17,21). The third-order valence-electron chi connectivity index (χ3n) is 4.05. The Morgan fingerprint density at radius 2 is 1.95 bits per heavy atom. The van der Waals surface area contributed by atoms with Gasteiger partial charge in [0.15, 0.2) is 10.9 Å². The predicted molar refractivity (Wildman–Crippen MR) is 87.9 cm³/mol. The molecule has 2 aliphatic rings. The van der Waals surface area contributed by atoms with Crippen molar-refractivity contribution in [3.63, 3.8) is 0 Å². The van der Waals surface area contributed by atoms with E-state index < -0.39 is 0 Å². The number of halogens is 1. The van der Waals surface area contributed by atoms with E-state index in [1.165, 1.54) is 0 Å². The summed E-state index contributed by atoms with van der Waals surface area (Å²) in [7, 11) is 0. The molecule has 0 atom stereocenters. The van der Waals surface area contributed by atoms with Gasteiger partial charge in [-0.15, -0.1) is 0 Å². The first kappa shape index (κ1) is 15.0. The molecular weight excluding hydrogens is 308 g/mol. The third-order valence-corrected chi connectivity index (χ3v) is 4.82. The van der Waals surface area contributed by atoms with Gasteiger partial charge in [-0.05, 0) is 36.8 Å². The number of ether oxygens (including phenoxy) is 2. The Balaban J connectivity index is 1.57. The molecule has 0 aromatic heterocycles. The van der Waals surface area contributed by atoms with Crippen molar-refractivity contribution in [3.05, 3.63) is 28.8 Å². The van der Waals surface area contributed by atoms with Crippen molar-refractivity contribution >= 4 is 34.6 Å². The van der Waals surface area contributed by atoms with Crippen LogP contribution in [-0.2, 0) is 9.47 Å². The van der Waals surface area contributed by atoms with Gasteiger partial charge in [0.2, 0.25) is 0 Å². The number of anilines is 1. The minimum Gasteiger partial charge on any atom is -0.349 e. The number of aryl methyl sites for hydroxylation is 1. The van der Waals surface area contributed by atoms with Crippen molar-refractivity contribution in [2.75, 3.05) is 31.6 Å². The highest BCUT2D eigenvalue weighted by Gasteiger charge is 2.40. The Morgan fingerprint density at radius 1 is 1.29 bits per heavy atom. The van der Waals surface area contributed by atoms with Crippen LogP contribution in [0.25, 0.3) is 0 Å². The van der Waals surface area contributed by atoms with Gasteiger partial charge in [-0.25, -0.2) is 0 Å². The van der Waals surface area contributed by atoms with Crippen molar-refractivity contribution in [3.8, 4) is 0 Å². The number of nitrogens with one attached hydrogen (secondary N) is 1. The molecule has 0 radical (unpaired) electrons. The summed E-state index contributed by atoms with van der Waals surface area (Å²) in [5.41, 5.74) is 1.98. The first-order valence-electron chi connectivity index (χ1n) is 7.18. The Bertz CT molecular complexity index is 536. The summed E-state index contributed by atoms with van der Waals surface area (Å²) in [4.78, 5) is 2.15. The van der Waals surface area contributed by atoms with Gasteiger partial charge >= 0.3 is 0 Å². The summed E-state index contributed by atoms with van der Waals surface area (Å²) in [6, 6.07) is 5.87. The first-order chi connectivity index (χ1) is 10.1. The maximum absolute atomic E-state index is 6.14. The zero-order valence-corrected chi connectivity index (χ0v) is 13.6. The van der Waals surface area contributed by atoms with Gasteiger partial charge < -0.3 is 19.7 Å². The van der Waals surface area contributed by atoms with Crippen molar-refractivity contribution in [2.24, 2.45) is 0 Å². The normalized spacial score (nSPS) is 20.8. The zero-order valence-electron chi connectivity index (χ0n) is 12.0. The average Bonchev–Trinajstić information content (AvgIpc) is 2.92. The second-order valence-corrected chi connectivity index (χ2v) is 6.28. The fraction of sp³-hybridized carbons (Fsp3) is 0.533. The van der Waals surface area contributed by atoms with E-state index in [1.807, 2.05) is 25.1 Å². The topological polar surface area (TPSA) is 33.7 Å². The molecule has 1 aromatic rings. The number of piperidine rings is 1. The Labute approximate surface area is 135 Å². The highest BCUT2D eigenvalue weighted by molar-refractivity contribution is 7.80. The Hall–Kier alpha value is -0.880. The van der Waals surface area contributed by atoms with Crippen molar-refractivity contribution in [1.82, 2.24) is 4.90 Å². The van der Waals surface area contributed by atoms with Gasteiger partial charge in [0.05, 0.1) is 13.2 Å². The number of thiocarbonyl (C=S) groups is 1. The quantitative estimate of drug-likeness (QED) is 0.802. The molecule has 2 heterocycles. The second kappa shape index (κ2) is 6.08. The molecule has 114 valence electrons. The molecule has 0 bridgehead atoms. The van der Waals surface area contributed by atoms with Crippen LogP contribution in [0.3, 0.4) is 0 Å². The summed E-state index contributed by atoms with van der Waals surface area (Å²) in [5.74, 6) is -0.362. The van der Waals surface area contributed by atoms with Crippen LogP contribution in [0.4, 0.5) is 5.69 Å². The SMILES string of the molecule is Cc1ccc(NC(=S)N2CCC3(CC2)OCCO3)cc1Cl. The molecule has 1 spiro atoms. The van der Waals surface area contributed by atoms with Crippen molar-refractivity contribution < 1.29 is 9.47 Å². The van der Waals surface area contributed by atoms with Gasteiger partial charge in [0.1, 0.15) is 0 Å². The molecule has 4 nitrogen and oxygen atoms in total. The minimum atomic E-state index is -0.362. The number of rotatable bonds is 1. The Morgan fingerprint density at radius 3 is 2.57 bits per heavy atom. The highest BCUT2D eigenvalue weighted by Crippen LogP contribution is 2.31. The lowest BCUT2D eigenvalue weighted by Crippen LogP contribution is -2.48. The summed E-state index contributed by atoms with van der Waals surface area (Å²) >= 11 is 11.6. The molecule has 2 aliphatic heterocycles. The monoisotopic (exact) mass is 326 g/mol. The number of hydrogen-bond donors (Lipinski definition) is 1. The van der Waals surface area contributed by atoms with Gasteiger partial charge in [0, 0.05) is 36.6 Å². The van der Waals surface area contributed by atoms with Gasteiger partial charge in [-0.2, -0.15) is 0 Å². The van der Waals surface area contributed by atoms with E-state index in [-0.39, 0.29) is 5.79 Å². The molecule has 0 unspecified atom stereocenters. The lowest BCUT2D eigenvalue weighted by atomic mass is 10.0. The number of nitrogens with zero attached hydrogens (tertiary/aromatic N) is 1. The molecule has 6 heteroatoms. The number of hydrogen-bond acceptors (Lipinski definition) is 3.